The van der Waals surface area contributed by atoms with Crippen molar-refractivity contribution in [2.75, 3.05) is 16.8 Å². The lowest BCUT2D eigenvalue weighted by atomic mass is 10.2. The van der Waals surface area contributed by atoms with E-state index in [9.17, 15) is 9.59 Å². The standard InChI is InChI=1S/C17H16BrClN2O2/c1-11-9-13(18)7-8-16(11)21(12(2)22)10-17(23)20-15-6-4-3-5-14(15)19/h3-9H,10H2,1-2H3,(H,20,23). The Morgan fingerprint density at radius 2 is 1.91 bits per heavy atom. The first-order valence-corrected chi connectivity index (χ1v) is 8.14. The zero-order valence-electron chi connectivity index (χ0n) is 12.8. The van der Waals surface area contributed by atoms with Gasteiger partial charge in [-0.05, 0) is 42.8 Å². The zero-order chi connectivity index (χ0) is 17.0. The van der Waals surface area contributed by atoms with Crippen LogP contribution in [-0.2, 0) is 9.59 Å². The molecule has 0 aromatic heterocycles. The van der Waals surface area contributed by atoms with Gasteiger partial charge in [0.1, 0.15) is 6.54 Å². The van der Waals surface area contributed by atoms with Crippen molar-refractivity contribution in [3.63, 3.8) is 0 Å². The number of halogens is 2. The van der Waals surface area contributed by atoms with Crippen LogP contribution >= 0.6 is 27.5 Å². The third kappa shape index (κ3) is 4.56. The zero-order valence-corrected chi connectivity index (χ0v) is 15.1. The van der Waals surface area contributed by atoms with Crippen molar-refractivity contribution >= 4 is 50.7 Å². The van der Waals surface area contributed by atoms with E-state index in [0.29, 0.717) is 16.4 Å². The SMILES string of the molecule is CC(=O)N(CC(=O)Nc1ccccc1Cl)c1ccc(Br)cc1C. The summed E-state index contributed by atoms with van der Waals surface area (Å²) in [7, 11) is 0. The second kappa shape index (κ2) is 7.62. The van der Waals surface area contributed by atoms with Crippen LogP contribution in [0, 0.1) is 6.92 Å². The van der Waals surface area contributed by atoms with Crippen LogP contribution in [0.2, 0.25) is 5.02 Å². The third-order valence-corrected chi connectivity index (χ3v) is 4.10. The number of hydrogen-bond acceptors (Lipinski definition) is 2. The van der Waals surface area contributed by atoms with Crippen molar-refractivity contribution in [2.24, 2.45) is 0 Å². The van der Waals surface area contributed by atoms with E-state index in [1.807, 2.05) is 25.1 Å². The molecule has 0 bridgehead atoms. The molecule has 23 heavy (non-hydrogen) atoms. The minimum atomic E-state index is -0.310. The van der Waals surface area contributed by atoms with Crippen molar-refractivity contribution in [3.8, 4) is 0 Å². The molecule has 0 heterocycles. The first-order valence-electron chi connectivity index (χ1n) is 6.97. The van der Waals surface area contributed by atoms with Crippen molar-refractivity contribution in [1.29, 1.82) is 0 Å². The minimum Gasteiger partial charge on any atom is -0.323 e. The fourth-order valence-corrected chi connectivity index (χ4v) is 2.84. The predicted molar refractivity (Wildman–Crippen MR) is 97.0 cm³/mol. The summed E-state index contributed by atoms with van der Waals surface area (Å²) in [5.74, 6) is -0.514. The largest absolute Gasteiger partial charge is 0.323 e. The van der Waals surface area contributed by atoms with Crippen LogP contribution in [0.3, 0.4) is 0 Å². The molecule has 0 saturated heterocycles. The molecule has 1 N–H and O–H groups in total. The first-order chi connectivity index (χ1) is 10.9. The Labute approximate surface area is 148 Å². The molecule has 0 saturated carbocycles. The molecule has 0 radical (unpaired) electrons. The Bertz CT molecular complexity index is 749. The number of benzene rings is 2. The molecule has 0 fully saturated rings. The number of rotatable bonds is 4. The molecule has 2 rings (SSSR count). The maximum atomic E-state index is 12.3. The molecular weight excluding hydrogens is 380 g/mol. The number of carbonyl (C=O) groups excluding carboxylic acids is 2. The predicted octanol–water partition coefficient (Wildman–Crippen LogP) is 4.40. The van der Waals surface area contributed by atoms with Gasteiger partial charge in [-0.1, -0.05) is 39.7 Å². The maximum Gasteiger partial charge on any atom is 0.244 e. The summed E-state index contributed by atoms with van der Waals surface area (Å²) in [5.41, 5.74) is 2.13. The molecule has 0 unspecified atom stereocenters. The van der Waals surface area contributed by atoms with E-state index >= 15 is 0 Å². The fourth-order valence-electron chi connectivity index (χ4n) is 2.18. The molecule has 2 amide bonds. The Morgan fingerprint density at radius 3 is 2.52 bits per heavy atom. The van der Waals surface area contributed by atoms with E-state index in [2.05, 4.69) is 21.2 Å². The highest BCUT2D eigenvalue weighted by Gasteiger charge is 2.18. The van der Waals surface area contributed by atoms with Crippen LogP contribution in [0.1, 0.15) is 12.5 Å². The molecule has 0 atom stereocenters. The first kappa shape index (κ1) is 17.5. The summed E-state index contributed by atoms with van der Waals surface area (Å²) in [6.45, 7) is 3.25. The number of aryl methyl sites for hydroxylation is 1. The van der Waals surface area contributed by atoms with Gasteiger partial charge in [-0.3, -0.25) is 9.59 Å². The van der Waals surface area contributed by atoms with Gasteiger partial charge >= 0.3 is 0 Å². The Balaban J connectivity index is 2.18. The highest BCUT2D eigenvalue weighted by atomic mass is 79.9. The average molecular weight is 396 g/mol. The summed E-state index contributed by atoms with van der Waals surface area (Å²) >= 11 is 9.41. The summed E-state index contributed by atoms with van der Waals surface area (Å²) in [6.07, 6.45) is 0. The number of nitrogens with one attached hydrogen (secondary N) is 1. The molecule has 0 aliphatic carbocycles. The summed E-state index contributed by atoms with van der Waals surface area (Å²) in [6, 6.07) is 12.5. The van der Waals surface area contributed by atoms with Crippen LogP contribution < -0.4 is 10.2 Å². The van der Waals surface area contributed by atoms with E-state index in [-0.39, 0.29) is 18.4 Å². The third-order valence-electron chi connectivity index (χ3n) is 3.28. The normalized spacial score (nSPS) is 10.3. The van der Waals surface area contributed by atoms with Crippen LogP contribution in [0.15, 0.2) is 46.9 Å². The van der Waals surface area contributed by atoms with Gasteiger partial charge in [0.2, 0.25) is 11.8 Å². The second-order valence-corrected chi connectivity index (χ2v) is 6.39. The van der Waals surface area contributed by atoms with Crippen molar-refractivity contribution in [2.45, 2.75) is 13.8 Å². The van der Waals surface area contributed by atoms with Crippen LogP contribution in [0.4, 0.5) is 11.4 Å². The monoisotopic (exact) mass is 394 g/mol. The molecule has 6 heteroatoms. The van der Waals surface area contributed by atoms with Gasteiger partial charge in [-0.25, -0.2) is 0 Å². The fraction of sp³-hybridized carbons (Fsp3) is 0.176. The molecule has 0 aliphatic rings. The van der Waals surface area contributed by atoms with Crippen LogP contribution in [-0.4, -0.2) is 18.4 Å². The van der Waals surface area contributed by atoms with Crippen LogP contribution in [0.5, 0.6) is 0 Å². The number of amides is 2. The smallest absolute Gasteiger partial charge is 0.244 e. The van der Waals surface area contributed by atoms with Gasteiger partial charge < -0.3 is 10.2 Å². The highest BCUT2D eigenvalue weighted by molar-refractivity contribution is 9.10. The van der Waals surface area contributed by atoms with E-state index in [1.165, 1.54) is 11.8 Å². The Hall–Kier alpha value is -1.85. The van der Waals surface area contributed by atoms with E-state index in [0.717, 1.165) is 10.0 Å². The lowest BCUT2D eigenvalue weighted by Gasteiger charge is -2.23. The van der Waals surface area contributed by atoms with E-state index < -0.39 is 0 Å². The molecule has 0 aliphatic heterocycles. The number of hydrogen-bond donors (Lipinski definition) is 1. The van der Waals surface area contributed by atoms with Crippen LogP contribution in [0.25, 0.3) is 0 Å². The van der Waals surface area contributed by atoms with Gasteiger partial charge in [0.05, 0.1) is 10.7 Å². The topological polar surface area (TPSA) is 49.4 Å². The lowest BCUT2D eigenvalue weighted by Crippen LogP contribution is -2.37. The number of para-hydroxylation sites is 1. The minimum absolute atomic E-state index is 0.0803. The van der Waals surface area contributed by atoms with Gasteiger partial charge in [0.15, 0.2) is 0 Å². The number of anilines is 2. The number of carbonyl (C=O) groups is 2. The summed E-state index contributed by atoms with van der Waals surface area (Å²) < 4.78 is 0.919. The molecular formula is C17H16BrClN2O2. The molecule has 0 spiro atoms. The molecule has 4 nitrogen and oxygen atoms in total. The average Bonchev–Trinajstić information content (AvgIpc) is 2.48. The Morgan fingerprint density at radius 1 is 1.22 bits per heavy atom. The van der Waals surface area contributed by atoms with E-state index in [1.54, 1.807) is 24.3 Å². The molecule has 2 aromatic rings. The van der Waals surface area contributed by atoms with Crippen molar-refractivity contribution < 1.29 is 9.59 Å². The maximum absolute atomic E-state index is 12.3. The molecule has 2 aromatic carbocycles. The Kier molecular flexibility index (Phi) is 5.80. The van der Waals surface area contributed by atoms with Gasteiger partial charge in [0, 0.05) is 17.1 Å². The van der Waals surface area contributed by atoms with Crippen molar-refractivity contribution in [3.05, 3.63) is 57.5 Å². The molecule has 120 valence electrons. The second-order valence-electron chi connectivity index (χ2n) is 5.06. The van der Waals surface area contributed by atoms with Crippen molar-refractivity contribution in [1.82, 2.24) is 0 Å². The summed E-state index contributed by atoms with van der Waals surface area (Å²) in [5, 5.41) is 3.18. The van der Waals surface area contributed by atoms with Gasteiger partial charge in [-0.15, -0.1) is 0 Å². The highest BCUT2D eigenvalue weighted by Crippen LogP contribution is 2.25. The van der Waals surface area contributed by atoms with E-state index in [4.69, 9.17) is 11.6 Å². The number of nitrogens with zero attached hydrogens (tertiary/aromatic N) is 1. The van der Waals surface area contributed by atoms with Gasteiger partial charge in [-0.2, -0.15) is 0 Å². The lowest BCUT2D eigenvalue weighted by molar-refractivity contribution is -0.120. The van der Waals surface area contributed by atoms with Gasteiger partial charge in [0.25, 0.3) is 0 Å². The summed E-state index contributed by atoms with van der Waals surface area (Å²) in [4.78, 5) is 25.6. The quantitative estimate of drug-likeness (QED) is 0.834.